The second-order valence-electron chi connectivity index (χ2n) is 4.89. The van der Waals surface area contributed by atoms with Crippen LogP contribution in [0, 0.1) is 0 Å². The molecule has 18 heavy (non-hydrogen) atoms. The Morgan fingerprint density at radius 2 is 2.06 bits per heavy atom. The standard InChI is InChI=1S/C11H19F3N2O2/c1-10(9(15)17,16-8-3-4-8)7-18-6-2-5-11(12,13)14/h8,16H,2-7H2,1H3,(H2,15,17). The van der Waals surface area contributed by atoms with E-state index in [-0.39, 0.29) is 25.7 Å². The van der Waals surface area contributed by atoms with Gasteiger partial charge in [-0.2, -0.15) is 13.2 Å². The van der Waals surface area contributed by atoms with Crippen LogP contribution in [0.4, 0.5) is 13.2 Å². The number of hydrogen-bond acceptors (Lipinski definition) is 3. The molecule has 1 unspecified atom stereocenters. The van der Waals surface area contributed by atoms with E-state index >= 15 is 0 Å². The number of rotatable bonds is 8. The summed E-state index contributed by atoms with van der Waals surface area (Å²) in [4.78, 5) is 11.3. The number of hydrogen-bond donors (Lipinski definition) is 2. The van der Waals surface area contributed by atoms with E-state index in [9.17, 15) is 18.0 Å². The van der Waals surface area contributed by atoms with Crippen LogP contribution in [0.2, 0.25) is 0 Å². The summed E-state index contributed by atoms with van der Waals surface area (Å²) in [5.74, 6) is -0.551. The molecule has 0 saturated heterocycles. The van der Waals surface area contributed by atoms with Gasteiger partial charge in [-0.25, -0.2) is 0 Å². The van der Waals surface area contributed by atoms with E-state index < -0.39 is 24.0 Å². The van der Waals surface area contributed by atoms with Crippen LogP contribution in [0.5, 0.6) is 0 Å². The van der Waals surface area contributed by atoms with Crippen LogP contribution in [0.15, 0.2) is 0 Å². The van der Waals surface area contributed by atoms with Gasteiger partial charge in [-0.15, -0.1) is 0 Å². The van der Waals surface area contributed by atoms with Crippen molar-refractivity contribution in [1.82, 2.24) is 5.32 Å². The Morgan fingerprint density at radius 3 is 2.50 bits per heavy atom. The lowest BCUT2D eigenvalue weighted by molar-refractivity contribution is -0.139. The number of alkyl halides is 3. The monoisotopic (exact) mass is 268 g/mol. The average Bonchev–Trinajstić information content (AvgIpc) is 2.99. The first kappa shape index (κ1) is 15.2. The predicted molar refractivity (Wildman–Crippen MR) is 59.9 cm³/mol. The van der Waals surface area contributed by atoms with Crippen molar-refractivity contribution in [3.63, 3.8) is 0 Å². The van der Waals surface area contributed by atoms with Crippen LogP contribution in [0.1, 0.15) is 32.6 Å². The van der Waals surface area contributed by atoms with Crippen LogP contribution in [-0.2, 0) is 9.53 Å². The molecule has 1 fully saturated rings. The fourth-order valence-electron chi connectivity index (χ4n) is 1.51. The molecular formula is C11H19F3N2O2. The summed E-state index contributed by atoms with van der Waals surface area (Å²) in [5.41, 5.74) is 4.27. The smallest absolute Gasteiger partial charge is 0.379 e. The molecule has 0 heterocycles. The molecule has 0 radical (unpaired) electrons. The Hall–Kier alpha value is -0.820. The van der Waals surface area contributed by atoms with Crippen molar-refractivity contribution in [3.8, 4) is 0 Å². The Morgan fingerprint density at radius 1 is 1.44 bits per heavy atom. The van der Waals surface area contributed by atoms with Crippen molar-refractivity contribution in [2.45, 2.75) is 50.4 Å². The van der Waals surface area contributed by atoms with E-state index in [4.69, 9.17) is 10.5 Å². The highest BCUT2D eigenvalue weighted by Crippen LogP contribution is 2.23. The number of carbonyl (C=O) groups excluding carboxylic acids is 1. The summed E-state index contributed by atoms with van der Waals surface area (Å²) >= 11 is 0. The third-order valence-electron chi connectivity index (χ3n) is 2.78. The molecule has 0 aliphatic heterocycles. The number of halogens is 3. The summed E-state index contributed by atoms with van der Waals surface area (Å²) in [6.07, 6.45) is -3.19. The summed E-state index contributed by atoms with van der Waals surface area (Å²) in [7, 11) is 0. The zero-order chi connectivity index (χ0) is 13.8. The molecule has 1 amide bonds. The highest BCUT2D eigenvalue weighted by molar-refractivity contribution is 5.84. The number of nitrogens with two attached hydrogens (primary N) is 1. The van der Waals surface area contributed by atoms with Crippen molar-refractivity contribution in [1.29, 1.82) is 0 Å². The summed E-state index contributed by atoms with van der Waals surface area (Å²) < 4.78 is 40.8. The van der Waals surface area contributed by atoms with Gasteiger partial charge in [0, 0.05) is 19.1 Å². The summed E-state index contributed by atoms with van der Waals surface area (Å²) in [5, 5.41) is 3.05. The highest BCUT2D eigenvalue weighted by Gasteiger charge is 2.37. The van der Waals surface area contributed by atoms with Crippen LogP contribution in [-0.4, -0.2) is 36.9 Å². The maximum Gasteiger partial charge on any atom is 0.389 e. The van der Waals surface area contributed by atoms with Crippen LogP contribution < -0.4 is 11.1 Å². The molecule has 1 rings (SSSR count). The lowest BCUT2D eigenvalue weighted by Gasteiger charge is -2.27. The van der Waals surface area contributed by atoms with E-state index in [1.807, 2.05) is 0 Å². The van der Waals surface area contributed by atoms with Crippen LogP contribution in [0.25, 0.3) is 0 Å². The lowest BCUT2D eigenvalue weighted by atomic mass is 10.0. The number of primary amides is 1. The molecule has 1 atom stereocenters. The van der Waals surface area contributed by atoms with Gasteiger partial charge in [0.25, 0.3) is 0 Å². The number of carbonyl (C=O) groups is 1. The van der Waals surface area contributed by atoms with Gasteiger partial charge in [0.15, 0.2) is 0 Å². The Kier molecular flexibility index (Phi) is 4.98. The zero-order valence-electron chi connectivity index (χ0n) is 10.3. The van der Waals surface area contributed by atoms with Gasteiger partial charge in [-0.05, 0) is 26.2 Å². The average molecular weight is 268 g/mol. The first-order chi connectivity index (χ1) is 8.23. The molecule has 0 aromatic heterocycles. The Bertz CT molecular complexity index is 293. The third kappa shape index (κ3) is 5.68. The number of amides is 1. The van der Waals surface area contributed by atoms with Crippen molar-refractivity contribution < 1.29 is 22.7 Å². The summed E-state index contributed by atoms with van der Waals surface area (Å²) in [6, 6.07) is 0.265. The second kappa shape index (κ2) is 5.88. The SMILES string of the molecule is CC(COCCCC(F)(F)F)(NC1CC1)C(N)=O. The molecule has 1 saturated carbocycles. The molecular weight excluding hydrogens is 249 g/mol. The highest BCUT2D eigenvalue weighted by atomic mass is 19.4. The largest absolute Gasteiger partial charge is 0.389 e. The molecule has 4 nitrogen and oxygen atoms in total. The van der Waals surface area contributed by atoms with E-state index in [1.54, 1.807) is 6.92 Å². The molecule has 0 spiro atoms. The van der Waals surface area contributed by atoms with Crippen molar-refractivity contribution >= 4 is 5.91 Å². The summed E-state index contributed by atoms with van der Waals surface area (Å²) in [6.45, 7) is 1.57. The topological polar surface area (TPSA) is 64.3 Å². The first-order valence-corrected chi connectivity index (χ1v) is 5.95. The fourth-order valence-corrected chi connectivity index (χ4v) is 1.51. The van der Waals surface area contributed by atoms with Gasteiger partial charge in [0.2, 0.25) is 5.91 Å². The quantitative estimate of drug-likeness (QED) is 0.653. The maximum atomic E-state index is 11.9. The van der Waals surface area contributed by atoms with Crippen LogP contribution >= 0.6 is 0 Å². The van der Waals surface area contributed by atoms with Crippen LogP contribution in [0.3, 0.4) is 0 Å². The van der Waals surface area contributed by atoms with Gasteiger partial charge in [0.1, 0.15) is 5.54 Å². The van der Waals surface area contributed by atoms with E-state index in [0.717, 1.165) is 12.8 Å². The van der Waals surface area contributed by atoms with Gasteiger partial charge >= 0.3 is 6.18 Å². The van der Waals surface area contributed by atoms with Crippen molar-refractivity contribution in [2.24, 2.45) is 5.73 Å². The molecule has 1 aliphatic carbocycles. The molecule has 106 valence electrons. The number of ether oxygens (including phenoxy) is 1. The number of nitrogens with one attached hydrogen (secondary N) is 1. The van der Waals surface area contributed by atoms with E-state index in [1.165, 1.54) is 0 Å². The fraction of sp³-hybridized carbons (Fsp3) is 0.909. The van der Waals surface area contributed by atoms with Gasteiger partial charge in [-0.1, -0.05) is 0 Å². The lowest BCUT2D eigenvalue weighted by Crippen LogP contribution is -2.57. The minimum absolute atomic E-state index is 0.00328. The van der Waals surface area contributed by atoms with Gasteiger partial charge in [0.05, 0.1) is 6.61 Å². The molecule has 0 bridgehead atoms. The van der Waals surface area contributed by atoms with Gasteiger partial charge < -0.3 is 10.5 Å². The second-order valence-corrected chi connectivity index (χ2v) is 4.89. The van der Waals surface area contributed by atoms with E-state index in [0.29, 0.717) is 0 Å². The molecule has 0 aromatic carbocycles. The van der Waals surface area contributed by atoms with E-state index in [2.05, 4.69) is 5.32 Å². The first-order valence-electron chi connectivity index (χ1n) is 5.95. The Balaban J connectivity index is 2.23. The predicted octanol–water partition coefficient (Wildman–Crippen LogP) is 1.34. The van der Waals surface area contributed by atoms with Crippen molar-refractivity contribution in [3.05, 3.63) is 0 Å². The molecule has 0 aromatic rings. The molecule has 1 aliphatic rings. The third-order valence-corrected chi connectivity index (χ3v) is 2.78. The zero-order valence-corrected chi connectivity index (χ0v) is 10.3. The normalized spacial score (nSPS) is 19.6. The Labute approximate surface area is 104 Å². The maximum absolute atomic E-state index is 11.9. The van der Waals surface area contributed by atoms with Crippen molar-refractivity contribution in [2.75, 3.05) is 13.2 Å². The molecule has 3 N–H and O–H groups in total. The molecule has 7 heteroatoms. The minimum Gasteiger partial charge on any atom is -0.379 e. The minimum atomic E-state index is -4.16. The van der Waals surface area contributed by atoms with Gasteiger partial charge in [-0.3, -0.25) is 10.1 Å².